The minimum Gasteiger partial charge on any atom is -0.295 e. The van der Waals surface area contributed by atoms with Gasteiger partial charge in [0.15, 0.2) is 5.78 Å². The van der Waals surface area contributed by atoms with Gasteiger partial charge < -0.3 is 0 Å². The van der Waals surface area contributed by atoms with Gasteiger partial charge in [-0.3, -0.25) is 9.69 Å². The number of rotatable bonds is 5. The Morgan fingerprint density at radius 1 is 1.64 bits per heavy atom. The molecule has 80 valence electrons. The first-order valence-corrected chi connectivity index (χ1v) is 5.20. The molecule has 2 nitrogen and oxygen atoms in total. The van der Waals surface area contributed by atoms with Crippen LogP contribution in [0, 0.1) is 5.92 Å². The third-order valence-electron chi connectivity index (χ3n) is 2.66. The van der Waals surface area contributed by atoms with Crippen LogP contribution in [0.2, 0.25) is 0 Å². The monoisotopic (exact) mass is 199 g/mol. The molecule has 0 spiro atoms. The van der Waals surface area contributed by atoms with Crippen molar-refractivity contribution in [2.75, 3.05) is 19.6 Å². The highest BCUT2D eigenvalue weighted by molar-refractivity contribution is 5.91. The maximum Gasteiger partial charge on any atom is 0.158 e. The van der Waals surface area contributed by atoms with Crippen molar-refractivity contribution in [1.82, 2.24) is 4.90 Å². The van der Waals surface area contributed by atoms with Crippen molar-refractivity contribution in [2.45, 2.75) is 26.4 Å². The highest BCUT2D eigenvalue weighted by Gasteiger charge is 2.24. The van der Waals surface area contributed by atoms with Crippen LogP contribution in [-0.4, -0.2) is 36.5 Å². The zero-order valence-corrected chi connectivity index (χ0v) is 8.87. The first kappa shape index (κ1) is 11.4. The highest BCUT2D eigenvalue weighted by Crippen LogP contribution is 2.10. The van der Waals surface area contributed by atoms with E-state index in [0.717, 1.165) is 6.42 Å². The average Bonchev–Trinajstić information content (AvgIpc) is 2.13. The standard InChI is InChI=1S/C11H18FNO/c1-3-9(2)11(14)5-4-6-13-7-10(12)8-13/h4-5,9-10H,3,6-8H2,1-2H3/b5-4+. The third kappa shape index (κ3) is 3.22. The molecule has 1 fully saturated rings. The minimum absolute atomic E-state index is 0.108. The van der Waals surface area contributed by atoms with Crippen LogP contribution in [0.1, 0.15) is 20.3 Å². The summed E-state index contributed by atoms with van der Waals surface area (Å²) in [7, 11) is 0. The second kappa shape index (κ2) is 5.25. The van der Waals surface area contributed by atoms with Crippen LogP contribution in [0.25, 0.3) is 0 Å². The van der Waals surface area contributed by atoms with Crippen LogP contribution in [-0.2, 0) is 4.79 Å². The summed E-state index contributed by atoms with van der Waals surface area (Å²) in [6.45, 7) is 5.65. The number of carbonyl (C=O) groups excluding carboxylic acids is 1. The zero-order chi connectivity index (χ0) is 10.6. The van der Waals surface area contributed by atoms with Crippen molar-refractivity contribution in [2.24, 2.45) is 5.92 Å². The molecular weight excluding hydrogens is 181 g/mol. The minimum atomic E-state index is -0.659. The van der Waals surface area contributed by atoms with E-state index in [9.17, 15) is 9.18 Å². The molecule has 1 unspecified atom stereocenters. The molecule has 1 saturated heterocycles. The molecule has 0 aliphatic carbocycles. The second-order valence-corrected chi connectivity index (χ2v) is 3.93. The van der Waals surface area contributed by atoms with Gasteiger partial charge in [-0.15, -0.1) is 0 Å². The van der Waals surface area contributed by atoms with E-state index < -0.39 is 6.17 Å². The number of hydrogen-bond acceptors (Lipinski definition) is 2. The van der Waals surface area contributed by atoms with Crippen LogP contribution >= 0.6 is 0 Å². The molecule has 1 aliphatic heterocycles. The van der Waals surface area contributed by atoms with Gasteiger partial charge in [-0.05, 0) is 12.5 Å². The molecule has 0 saturated carbocycles. The SMILES string of the molecule is CCC(C)C(=O)/C=C/CN1CC(F)C1. The van der Waals surface area contributed by atoms with Crippen LogP contribution in [0.15, 0.2) is 12.2 Å². The van der Waals surface area contributed by atoms with Gasteiger partial charge in [0.05, 0.1) is 0 Å². The lowest BCUT2D eigenvalue weighted by atomic mass is 10.0. The predicted molar refractivity (Wildman–Crippen MR) is 54.9 cm³/mol. The second-order valence-electron chi connectivity index (χ2n) is 3.93. The van der Waals surface area contributed by atoms with Gasteiger partial charge in [-0.2, -0.15) is 0 Å². The number of likely N-dealkylation sites (tertiary alicyclic amines) is 1. The molecule has 0 aromatic rings. The van der Waals surface area contributed by atoms with Gasteiger partial charge in [-0.25, -0.2) is 4.39 Å². The predicted octanol–water partition coefficient (Wildman–Crippen LogP) is 1.81. The summed E-state index contributed by atoms with van der Waals surface area (Å²) < 4.78 is 12.4. The number of allylic oxidation sites excluding steroid dienone is 1. The van der Waals surface area contributed by atoms with Crippen molar-refractivity contribution >= 4 is 5.78 Å². The molecule has 0 N–H and O–H groups in total. The van der Waals surface area contributed by atoms with E-state index >= 15 is 0 Å². The maximum absolute atomic E-state index is 12.4. The molecule has 0 aromatic heterocycles. The first-order chi connectivity index (χ1) is 6.63. The van der Waals surface area contributed by atoms with Crippen LogP contribution in [0.5, 0.6) is 0 Å². The molecule has 3 heteroatoms. The van der Waals surface area contributed by atoms with E-state index in [2.05, 4.69) is 0 Å². The maximum atomic E-state index is 12.4. The summed E-state index contributed by atoms with van der Waals surface area (Å²) >= 11 is 0. The number of halogens is 1. The largest absolute Gasteiger partial charge is 0.295 e. The molecule has 0 aromatic carbocycles. The van der Waals surface area contributed by atoms with Crippen LogP contribution in [0.3, 0.4) is 0 Å². The summed E-state index contributed by atoms with van der Waals surface area (Å²) in [5, 5.41) is 0. The fraction of sp³-hybridized carbons (Fsp3) is 0.727. The lowest BCUT2D eigenvalue weighted by molar-refractivity contribution is -0.117. The molecule has 0 bridgehead atoms. The Hall–Kier alpha value is -0.700. The number of nitrogens with zero attached hydrogens (tertiary/aromatic N) is 1. The molecule has 1 atom stereocenters. The Bertz CT molecular complexity index is 221. The summed E-state index contributed by atoms with van der Waals surface area (Å²) in [6.07, 6.45) is 3.67. The molecule has 1 heterocycles. The smallest absolute Gasteiger partial charge is 0.158 e. The quantitative estimate of drug-likeness (QED) is 0.629. The lowest BCUT2D eigenvalue weighted by Crippen LogP contribution is -2.48. The Labute approximate surface area is 84.8 Å². The van der Waals surface area contributed by atoms with Gasteiger partial charge in [0.25, 0.3) is 0 Å². The average molecular weight is 199 g/mol. The van der Waals surface area contributed by atoms with Crippen molar-refractivity contribution < 1.29 is 9.18 Å². The van der Waals surface area contributed by atoms with Gasteiger partial charge in [0.1, 0.15) is 6.17 Å². The zero-order valence-electron chi connectivity index (χ0n) is 8.87. The lowest BCUT2D eigenvalue weighted by Gasteiger charge is -2.33. The molecule has 0 radical (unpaired) electrons. The molecular formula is C11H18FNO. The van der Waals surface area contributed by atoms with Crippen molar-refractivity contribution in [3.05, 3.63) is 12.2 Å². The number of alkyl halides is 1. The highest BCUT2D eigenvalue weighted by atomic mass is 19.1. The first-order valence-electron chi connectivity index (χ1n) is 5.20. The Morgan fingerprint density at radius 3 is 2.79 bits per heavy atom. The van der Waals surface area contributed by atoms with Crippen LogP contribution < -0.4 is 0 Å². The molecule has 14 heavy (non-hydrogen) atoms. The topological polar surface area (TPSA) is 20.3 Å². The molecule has 0 amide bonds. The number of ketones is 1. The van der Waals surface area contributed by atoms with E-state index in [-0.39, 0.29) is 11.7 Å². The Morgan fingerprint density at radius 2 is 2.29 bits per heavy atom. The normalized spacial score (nSPS) is 21.1. The van der Waals surface area contributed by atoms with Crippen molar-refractivity contribution in [3.63, 3.8) is 0 Å². The van der Waals surface area contributed by atoms with Gasteiger partial charge >= 0.3 is 0 Å². The summed E-state index contributed by atoms with van der Waals surface area (Å²) in [4.78, 5) is 13.3. The van der Waals surface area contributed by atoms with Crippen molar-refractivity contribution in [1.29, 1.82) is 0 Å². The van der Waals surface area contributed by atoms with E-state index in [4.69, 9.17) is 0 Å². The van der Waals surface area contributed by atoms with Crippen LogP contribution in [0.4, 0.5) is 4.39 Å². The van der Waals surface area contributed by atoms with E-state index in [1.807, 2.05) is 24.8 Å². The van der Waals surface area contributed by atoms with E-state index in [1.54, 1.807) is 6.08 Å². The van der Waals surface area contributed by atoms with Crippen molar-refractivity contribution in [3.8, 4) is 0 Å². The van der Waals surface area contributed by atoms with Gasteiger partial charge in [0, 0.05) is 25.6 Å². The summed E-state index contributed by atoms with van der Waals surface area (Å²) in [5.41, 5.74) is 0. The van der Waals surface area contributed by atoms with Gasteiger partial charge in [-0.1, -0.05) is 19.9 Å². The molecule has 1 aliphatic rings. The Kier molecular flexibility index (Phi) is 4.26. The molecule has 1 rings (SSSR count). The third-order valence-corrected chi connectivity index (χ3v) is 2.66. The fourth-order valence-electron chi connectivity index (χ4n) is 1.34. The number of hydrogen-bond donors (Lipinski definition) is 0. The summed E-state index contributed by atoms with van der Waals surface area (Å²) in [6, 6.07) is 0. The van der Waals surface area contributed by atoms with E-state index in [1.165, 1.54) is 0 Å². The van der Waals surface area contributed by atoms with Gasteiger partial charge in [0.2, 0.25) is 0 Å². The number of carbonyl (C=O) groups is 1. The Balaban J connectivity index is 2.17. The summed E-state index contributed by atoms with van der Waals surface area (Å²) in [5.74, 6) is 0.279. The fourth-order valence-corrected chi connectivity index (χ4v) is 1.34. The van der Waals surface area contributed by atoms with E-state index in [0.29, 0.717) is 19.6 Å².